The molecule has 0 unspecified atom stereocenters. The topological polar surface area (TPSA) is 91.7 Å². The van der Waals surface area contributed by atoms with Crippen molar-refractivity contribution in [3.8, 4) is 17.6 Å². The van der Waals surface area contributed by atoms with Crippen LogP contribution in [0.25, 0.3) is 0 Å². The van der Waals surface area contributed by atoms with Gasteiger partial charge in [0.1, 0.15) is 17.9 Å². The molecule has 0 saturated carbocycles. The molecule has 1 aromatic carbocycles. The molecule has 2 rings (SSSR count). The van der Waals surface area contributed by atoms with Crippen molar-refractivity contribution in [3.63, 3.8) is 0 Å². The van der Waals surface area contributed by atoms with Gasteiger partial charge >= 0.3 is 0 Å². The summed E-state index contributed by atoms with van der Waals surface area (Å²) in [5.74, 6) is 1.04. The van der Waals surface area contributed by atoms with Crippen molar-refractivity contribution in [1.29, 1.82) is 5.26 Å². The number of nitrogens with zero attached hydrogens (tertiary/aromatic N) is 2. The lowest BCUT2D eigenvalue weighted by atomic mass is 10.0. The van der Waals surface area contributed by atoms with Gasteiger partial charge in [0.05, 0.1) is 12.7 Å². The standard InChI is InChI=1S/C18H23N3O4/c1-2-24-15-3-5-16(6-4-15)25-13-17(22)20-14-8-11-21(12-9-14)18(23)7-10-19/h3-6,14H,2,7-9,11-13H2,1H3,(H,20,22). The van der Waals surface area contributed by atoms with Gasteiger partial charge in [0.2, 0.25) is 5.91 Å². The zero-order valence-corrected chi connectivity index (χ0v) is 14.4. The van der Waals surface area contributed by atoms with Crippen LogP contribution >= 0.6 is 0 Å². The predicted molar refractivity (Wildman–Crippen MR) is 91.1 cm³/mol. The average Bonchev–Trinajstić information content (AvgIpc) is 2.62. The summed E-state index contributed by atoms with van der Waals surface area (Å²) in [6.45, 7) is 3.58. The Morgan fingerprint density at radius 1 is 1.20 bits per heavy atom. The molecule has 25 heavy (non-hydrogen) atoms. The first kappa shape index (κ1) is 18.6. The van der Waals surface area contributed by atoms with Crippen LogP contribution < -0.4 is 14.8 Å². The van der Waals surface area contributed by atoms with E-state index in [1.165, 1.54) is 0 Å². The number of benzene rings is 1. The third kappa shape index (κ3) is 5.99. The lowest BCUT2D eigenvalue weighted by Crippen LogP contribution is -2.47. The van der Waals surface area contributed by atoms with E-state index in [0.29, 0.717) is 38.3 Å². The maximum atomic E-state index is 12.0. The molecule has 1 aliphatic heterocycles. The van der Waals surface area contributed by atoms with Gasteiger partial charge in [0.25, 0.3) is 5.91 Å². The van der Waals surface area contributed by atoms with Gasteiger partial charge < -0.3 is 19.7 Å². The Morgan fingerprint density at radius 3 is 2.36 bits per heavy atom. The van der Waals surface area contributed by atoms with Crippen LogP contribution in [0.2, 0.25) is 0 Å². The lowest BCUT2D eigenvalue weighted by Gasteiger charge is -2.32. The van der Waals surface area contributed by atoms with E-state index in [4.69, 9.17) is 14.7 Å². The first-order chi connectivity index (χ1) is 12.1. The van der Waals surface area contributed by atoms with Gasteiger partial charge in [-0.25, -0.2) is 0 Å². The number of amides is 2. The SMILES string of the molecule is CCOc1ccc(OCC(=O)NC2CCN(C(=O)CC#N)CC2)cc1. The largest absolute Gasteiger partial charge is 0.494 e. The highest BCUT2D eigenvalue weighted by atomic mass is 16.5. The highest BCUT2D eigenvalue weighted by Gasteiger charge is 2.23. The number of hydrogen-bond acceptors (Lipinski definition) is 5. The Labute approximate surface area is 147 Å². The van der Waals surface area contributed by atoms with Crippen LogP contribution in [0.5, 0.6) is 11.5 Å². The van der Waals surface area contributed by atoms with E-state index in [-0.39, 0.29) is 30.9 Å². The number of rotatable bonds is 7. The van der Waals surface area contributed by atoms with Crippen LogP contribution in [0, 0.1) is 11.3 Å². The normalized spacial score (nSPS) is 14.5. The molecule has 0 aromatic heterocycles. The number of hydrogen-bond donors (Lipinski definition) is 1. The van der Waals surface area contributed by atoms with E-state index >= 15 is 0 Å². The molecule has 1 aliphatic rings. The van der Waals surface area contributed by atoms with Crippen LogP contribution in [0.3, 0.4) is 0 Å². The second kappa shape index (κ2) is 9.52. The quantitative estimate of drug-likeness (QED) is 0.808. The van der Waals surface area contributed by atoms with Crippen molar-refractivity contribution in [2.75, 3.05) is 26.3 Å². The first-order valence-corrected chi connectivity index (χ1v) is 8.42. The molecule has 2 amide bonds. The fourth-order valence-corrected chi connectivity index (χ4v) is 2.67. The van der Waals surface area contributed by atoms with Crippen LogP contribution in [-0.2, 0) is 9.59 Å². The van der Waals surface area contributed by atoms with Gasteiger partial charge in [-0.2, -0.15) is 5.26 Å². The molecule has 1 fully saturated rings. The molecule has 0 spiro atoms. The number of likely N-dealkylation sites (tertiary alicyclic amines) is 1. The van der Waals surface area contributed by atoms with Crippen molar-refractivity contribution < 1.29 is 19.1 Å². The number of carbonyl (C=O) groups excluding carboxylic acids is 2. The fourth-order valence-electron chi connectivity index (χ4n) is 2.67. The van der Waals surface area contributed by atoms with Gasteiger partial charge in [-0.1, -0.05) is 0 Å². The average molecular weight is 345 g/mol. The maximum absolute atomic E-state index is 12.0. The van der Waals surface area contributed by atoms with Gasteiger partial charge in [0.15, 0.2) is 6.61 Å². The Balaban J connectivity index is 1.69. The minimum atomic E-state index is -0.185. The molecule has 1 heterocycles. The molecule has 134 valence electrons. The van der Waals surface area contributed by atoms with Gasteiger partial charge in [-0.15, -0.1) is 0 Å². The Hall–Kier alpha value is -2.75. The Kier molecular flexibility index (Phi) is 7.08. The van der Waals surface area contributed by atoms with E-state index in [0.717, 1.165) is 5.75 Å². The number of piperidine rings is 1. The summed E-state index contributed by atoms with van der Waals surface area (Å²) < 4.78 is 10.8. The van der Waals surface area contributed by atoms with E-state index in [2.05, 4.69) is 5.32 Å². The van der Waals surface area contributed by atoms with E-state index in [1.807, 2.05) is 13.0 Å². The summed E-state index contributed by atoms with van der Waals surface area (Å²) in [6.07, 6.45) is 1.28. The van der Waals surface area contributed by atoms with E-state index in [1.54, 1.807) is 29.2 Å². The lowest BCUT2D eigenvalue weighted by molar-refractivity contribution is -0.131. The molecular formula is C18H23N3O4. The molecule has 1 N–H and O–H groups in total. The highest BCUT2D eigenvalue weighted by molar-refractivity contribution is 5.79. The maximum Gasteiger partial charge on any atom is 0.258 e. The van der Waals surface area contributed by atoms with Crippen molar-refractivity contribution in [2.24, 2.45) is 0 Å². The molecule has 1 saturated heterocycles. The Bertz CT molecular complexity index is 616. The molecule has 7 heteroatoms. The smallest absolute Gasteiger partial charge is 0.258 e. The second-order valence-electron chi connectivity index (χ2n) is 5.75. The third-order valence-electron chi connectivity index (χ3n) is 3.95. The monoisotopic (exact) mass is 345 g/mol. The zero-order valence-electron chi connectivity index (χ0n) is 14.4. The molecular weight excluding hydrogens is 322 g/mol. The Morgan fingerprint density at radius 2 is 1.80 bits per heavy atom. The number of nitrogens with one attached hydrogen (secondary N) is 1. The zero-order chi connectivity index (χ0) is 18.1. The summed E-state index contributed by atoms with van der Waals surface area (Å²) in [5.41, 5.74) is 0. The van der Waals surface area contributed by atoms with Crippen molar-refractivity contribution in [2.45, 2.75) is 32.2 Å². The summed E-state index contributed by atoms with van der Waals surface area (Å²) in [6, 6.07) is 9.01. The third-order valence-corrected chi connectivity index (χ3v) is 3.95. The fraction of sp³-hybridized carbons (Fsp3) is 0.500. The summed E-state index contributed by atoms with van der Waals surface area (Å²) in [4.78, 5) is 25.3. The van der Waals surface area contributed by atoms with E-state index < -0.39 is 0 Å². The van der Waals surface area contributed by atoms with Gasteiger partial charge in [-0.05, 0) is 44.0 Å². The predicted octanol–water partition coefficient (Wildman–Crippen LogP) is 1.48. The summed E-state index contributed by atoms with van der Waals surface area (Å²) >= 11 is 0. The summed E-state index contributed by atoms with van der Waals surface area (Å²) in [5, 5.41) is 11.5. The van der Waals surface area contributed by atoms with Crippen LogP contribution in [-0.4, -0.2) is 49.1 Å². The number of carbonyl (C=O) groups is 2. The second-order valence-corrected chi connectivity index (χ2v) is 5.75. The minimum absolute atomic E-state index is 0.0302. The van der Waals surface area contributed by atoms with Crippen LogP contribution in [0.1, 0.15) is 26.2 Å². The molecule has 7 nitrogen and oxygen atoms in total. The highest BCUT2D eigenvalue weighted by Crippen LogP contribution is 2.17. The van der Waals surface area contributed by atoms with Crippen LogP contribution in [0.15, 0.2) is 24.3 Å². The summed E-state index contributed by atoms with van der Waals surface area (Å²) in [7, 11) is 0. The van der Waals surface area contributed by atoms with Crippen molar-refractivity contribution in [1.82, 2.24) is 10.2 Å². The van der Waals surface area contributed by atoms with E-state index in [9.17, 15) is 9.59 Å². The molecule has 0 atom stereocenters. The number of ether oxygens (including phenoxy) is 2. The molecule has 0 radical (unpaired) electrons. The van der Waals surface area contributed by atoms with Gasteiger partial charge in [-0.3, -0.25) is 9.59 Å². The molecule has 0 bridgehead atoms. The molecule has 0 aliphatic carbocycles. The van der Waals surface area contributed by atoms with Gasteiger partial charge in [0, 0.05) is 19.1 Å². The van der Waals surface area contributed by atoms with Crippen LogP contribution in [0.4, 0.5) is 0 Å². The minimum Gasteiger partial charge on any atom is -0.494 e. The van der Waals surface area contributed by atoms with Crippen molar-refractivity contribution in [3.05, 3.63) is 24.3 Å². The number of nitriles is 1. The van der Waals surface area contributed by atoms with Crippen molar-refractivity contribution >= 4 is 11.8 Å². The molecule has 1 aromatic rings. The first-order valence-electron chi connectivity index (χ1n) is 8.42.